The van der Waals surface area contributed by atoms with Crippen LogP contribution < -0.4 is 5.32 Å². The second-order valence-corrected chi connectivity index (χ2v) is 7.81. The van der Waals surface area contributed by atoms with Crippen LogP contribution in [0.25, 0.3) is 0 Å². The molecule has 3 rings (SSSR count). The van der Waals surface area contributed by atoms with Crippen molar-refractivity contribution < 1.29 is 4.92 Å². The molecule has 4 nitrogen and oxygen atoms in total. The zero-order chi connectivity index (χ0) is 14.8. The molecule has 0 bridgehead atoms. The van der Waals surface area contributed by atoms with E-state index in [4.69, 9.17) is 0 Å². The minimum atomic E-state index is -0.366. The number of rotatable bonds is 4. The first-order valence-electron chi connectivity index (χ1n) is 6.84. The SMILES string of the molecule is C[C@H]1CC(NCc2ccc([N+](=O)[O-])cc2)c2ccsc2S1. The molecule has 2 atom stereocenters. The van der Waals surface area contributed by atoms with E-state index in [2.05, 4.69) is 23.7 Å². The molecule has 0 fully saturated rings. The van der Waals surface area contributed by atoms with Gasteiger partial charge in [-0.15, -0.1) is 23.1 Å². The lowest BCUT2D eigenvalue weighted by atomic mass is 10.0. The first-order chi connectivity index (χ1) is 10.1. The van der Waals surface area contributed by atoms with Crippen molar-refractivity contribution in [2.45, 2.75) is 35.4 Å². The van der Waals surface area contributed by atoms with Crippen LogP contribution in [0.15, 0.2) is 39.9 Å². The summed E-state index contributed by atoms with van der Waals surface area (Å²) in [5, 5.41) is 17.0. The van der Waals surface area contributed by atoms with Gasteiger partial charge in [-0.25, -0.2) is 0 Å². The fourth-order valence-corrected chi connectivity index (χ4v) is 5.09. The Labute approximate surface area is 131 Å². The van der Waals surface area contributed by atoms with E-state index >= 15 is 0 Å². The van der Waals surface area contributed by atoms with Crippen LogP contribution in [-0.4, -0.2) is 10.2 Å². The summed E-state index contributed by atoms with van der Waals surface area (Å²) in [5.74, 6) is 0. The van der Waals surface area contributed by atoms with Gasteiger partial charge in [0.05, 0.1) is 9.13 Å². The molecule has 0 saturated carbocycles. The first-order valence-corrected chi connectivity index (χ1v) is 8.60. The summed E-state index contributed by atoms with van der Waals surface area (Å²) in [5.41, 5.74) is 2.61. The van der Waals surface area contributed by atoms with Crippen molar-refractivity contribution in [2.75, 3.05) is 0 Å². The van der Waals surface area contributed by atoms with Crippen molar-refractivity contribution in [1.82, 2.24) is 5.32 Å². The summed E-state index contributed by atoms with van der Waals surface area (Å²) in [6, 6.07) is 9.34. The van der Waals surface area contributed by atoms with E-state index < -0.39 is 0 Å². The molecule has 0 amide bonds. The molecule has 110 valence electrons. The number of benzene rings is 1. The van der Waals surface area contributed by atoms with Crippen molar-refractivity contribution in [3.63, 3.8) is 0 Å². The van der Waals surface area contributed by atoms with E-state index in [-0.39, 0.29) is 10.6 Å². The van der Waals surface area contributed by atoms with Crippen molar-refractivity contribution in [3.8, 4) is 0 Å². The van der Waals surface area contributed by atoms with Crippen LogP contribution in [0, 0.1) is 10.1 Å². The lowest BCUT2D eigenvalue weighted by Crippen LogP contribution is -2.26. The normalized spacial score (nSPS) is 21.0. The van der Waals surface area contributed by atoms with Crippen molar-refractivity contribution in [1.29, 1.82) is 0 Å². The second-order valence-electron chi connectivity index (χ2n) is 5.18. The summed E-state index contributed by atoms with van der Waals surface area (Å²) in [4.78, 5) is 10.3. The van der Waals surface area contributed by atoms with E-state index in [0.717, 1.165) is 18.5 Å². The predicted octanol–water partition coefficient (Wildman–Crippen LogP) is 4.37. The molecule has 6 heteroatoms. The van der Waals surface area contributed by atoms with E-state index in [1.165, 1.54) is 9.77 Å². The van der Waals surface area contributed by atoms with Gasteiger partial charge in [0.2, 0.25) is 0 Å². The van der Waals surface area contributed by atoms with E-state index in [0.29, 0.717) is 11.3 Å². The van der Waals surface area contributed by atoms with Crippen LogP contribution >= 0.6 is 23.1 Å². The van der Waals surface area contributed by atoms with Gasteiger partial charge in [-0.3, -0.25) is 10.1 Å². The average molecular weight is 320 g/mol. The quantitative estimate of drug-likeness (QED) is 0.671. The number of thioether (sulfide) groups is 1. The minimum absolute atomic E-state index is 0.140. The van der Waals surface area contributed by atoms with Gasteiger partial charge in [0.1, 0.15) is 0 Å². The number of hydrogen-bond donors (Lipinski definition) is 1. The molecule has 0 saturated heterocycles. The Morgan fingerprint density at radius 3 is 2.81 bits per heavy atom. The standard InChI is InChI=1S/C15H16N2O2S2/c1-10-8-14(13-6-7-20-15(13)21-10)16-9-11-2-4-12(5-3-11)17(18)19/h2-7,10,14,16H,8-9H2,1H3/t10-,14?/m0/s1. The summed E-state index contributed by atoms with van der Waals surface area (Å²) >= 11 is 3.76. The fourth-order valence-electron chi connectivity index (χ4n) is 2.52. The number of non-ortho nitro benzene ring substituents is 1. The molecule has 1 aliphatic rings. The molecule has 1 aliphatic heterocycles. The van der Waals surface area contributed by atoms with E-state index in [1.807, 2.05) is 35.2 Å². The van der Waals surface area contributed by atoms with Gasteiger partial charge in [0.15, 0.2) is 0 Å². The third-order valence-corrected chi connectivity index (χ3v) is 5.95. The van der Waals surface area contributed by atoms with E-state index in [1.54, 1.807) is 12.1 Å². The van der Waals surface area contributed by atoms with Crippen molar-refractivity contribution >= 4 is 28.8 Å². The highest BCUT2D eigenvalue weighted by molar-refractivity contribution is 8.01. The minimum Gasteiger partial charge on any atom is -0.306 e. The molecule has 21 heavy (non-hydrogen) atoms. The average Bonchev–Trinajstić information content (AvgIpc) is 2.93. The number of nitro benzene ring substituents is 1. The van der Waals surface area contributed by atoms with Crippen LogP contribution in [0.3, 0.4) is 0 Å². The maximum atomic E-state index is 10.7. The number of hydrogen-bond acceptors (Lipinski definition) is 5. The Morgan fingerprint density at radius 1 is 1.33 bits per heavy atom. The lowest BCUT2D eigenvalue weighted by Gasteiger charge is -2.27. The first kappa shape index (κ1) is 14.6. The topological polar surface area (TPSA) is 55.2 Å². The van der Waals surface area contributed by atoms with Crippen LogP contribution in [0.4, 0.5) is 5.69 Å². The maximum Gasteiger partial charge on any atom is 0.269 e. The molecule has 0 spiro atoms. The highest BCUT2D eigenvalue weighted by Crippen LogP contribution is 2.43. The van der Waals surface area contributed by atoms with Crippen LogP contribution in [0.1, 0.15) is 30.5 Å². The number of nitrogens with zero attached hydrogens (tertiary/aromatic N) is 1. The molecule has 1 unspecified atom stereocenters. The van der Waals surface area contributed by atoms with Gasteiger partial charge in [-0.05, 0) is 29.0 Å². The molecular formula is C15H16N2O2S2. The third-order valence-electron chi connectivity index (χ3n) is 3.61. The third kappa shape index (κ3) is 3.28. The van der Waals surface area contributed by atoms with Gasteiger partial charge in [0, 0.05) is 30.0 Å². The van der Waals surface area contributed by atoms with Gasteiger partial charge in [-0.2, -0.15) is 0 Å². The number of nitro groups is 1. The zero-order valence-electron chi connectivity index (χ0n) is 11.6. The lowest BCUT2D eigenvalue weighted by molar-refractivity contribution is -0.384. The van der Waals surface area contributed by atoms with Crippen molar-refractivity contribution in [3.05, 3.63) is 57.0 Å². The fraction of sp³-hybridized carbons (Fsp3) is 0.333. The number of nitrogens with one attached hydrogen (secondary N) is 1. The molecule has 2 heterocycles. The molecule has 0 radical (unpaired) electrons. The number of thiophene rings is 1. The Morgan fingerprint density at radius 2 is 2.10 bits per heavy atom. The maximum absolute atomic E-state index is 10.7. The summed E-state index contributed by atoms with van der Waals surface area (Å²) in [6.07, 6.45) is 1.11. The van der Waals surface area contributed by atoms with Crippen LogP contribution in [-0.2, 0) is 6.54 Å². The Bertz CT molecular complexity index is 639. The van der Waals surface area contributed by atoms with Crippen LogP contribution in [0.5, 0.6) is 0 Å². The van der Waals surface area contributed by atoms with Gasteiger partial charge >= 0.3 is 0 Å². The molecule has 2 aromatic rings. The van der Waals surface area contributed by atoms with Gasteiger partial charge in [0.25, 0.3) is 5.69 Å². The molecule has 1 aromatic heterocycles. The Kier molecular flexibility index (Phi) is 4.28. The zero-order valence-corrected chi connectivity index (χ0v) is 13.2. The molecular weight excluding hydrogens is 304 g/mol. The highest BCUT2D eigenvalue weighted by atomic mass is 32.2. The van der Waals surface area contributed by atoms with Crippen LogP contribution in [0.2, 0.25) is 0 Å². The summed E-state index contributed by atoms with van der Waals surface area (Å²) in [7, 11) is 0. The monoisotopic (exact) mass is 320 g/mol. The highest BCUT2D eigenvalue weighted by Gasteiger charge is 2.25. The predicted molar refractivity (Wildman–Crippen MR) is 86.9 cm³/mol. The largest absolute Gasteiger partial charge is 0.306 e. The van der Waals surface area contributed by atoms with Crippen molar-refractivity contribution in [2.24, 2.45) is 0 Å². The van der Waals surface area contributed by atoms with E-state index in [9.17, 15) is 10.1 Å². The smallest absolute Gasteiger partial charge is 0.269 e. The molecule has 0 aliphatic carbocycles. The second kappa shape index (κ2) is 6.17. The Hall–Kier alpha value is -1.37. The van der Waals surface area contributed by atoms with Gasteiger partial charge < -0.3 is 5.32 Å². The molecule has 1 N–H and O–H groups in total. The summed E-state index contributed by atoms with van der Waals surface area (Å²) < 4.78 is 1.41. The number of fused-ring (bicyclic) bond motifs is 1. The summed E-state index contributed by atoms with van der Waals surface area (Å²) in [6.45, 7) is 2.99. The van der Waals surface area contributed by atoms with Gasteiger partial charge in [-0.1, -0.05) is 19.1 Å². The Balaban J connectivity index is 1.67. The molecule has 1 aromatic carbocycles.